The molecule has 306 valence electrons. The summed E-state index contributed by atoms with van der Waals surface area (Å²) in [4.78, 5) is 42.3. The molecule has 0 spiro atoms. The Morgan fingerprint density at radius 1 is 0.519 bits per heavy atom. The number of thiol groups is 3. The molecule has 0 saturated heterocycles. The molecule has 0 fully saturated rings. The first-order valence-electron chi connectivity index (χ1n) is 19.8. The van der Waals surface area contributed by atoms with E-state index in [9.17, 15) is 34.5 Å². The zero-order chi connectivity index (χ0) is 40.7. The Morgan fingerprint density at radius 3 is 1.02 bits per heavy atom. The normalized spacial score (nSPS) is 12.4. The van der Waals surface area contributed by atoms with Crippen LogP contribution in [-0.4, -0.2) is 70.3 Å². The van der Waals surface area contributed by atoms with Crippen LogP contribution in [0.2, 0.25) is 4.44 Å². The summed E-state index contributed by atoms with van der Waals surface area (Å²) in [5.74, 6) is -0.564. The predicted octanol–water partition coefficient (Wildman–Crippen LogP) is 6.97. The Labute approximate surface area is 349 Å². The van der Waals surface area contributed by atoms with E-state index < -0.39 is 17.9 Å². The molecule has 12 heteroatoms. The molecular formula is C40H76O8S3Sn. The van der Waals surface area contributed by atoms with Gasteiger partial charge in [-0.25, -0.2) is 0 Å². The van der Waals surface area contributed by atoms with E-state index in [0.29, 0.717) is 49.5 Å². The molecule has 3 unspecified atom stereocenters. The fraction of sp³-hybridized carbons (Fsp3) is 0.900. The van der Waals surface area contributed by atoms with Crippen LogP contribution < -0.4 is 15.3 Å². The van der Waals surface area contributed by atoms with E-state index >= 15 is 0 Å². The fourth-order valence-electron chi connectivity index (χ4n) is 4.72. The van der Waals surface area contributed by atoms with E-state index in [1.54, 1.807) is 0 Å². The van der Waals surface area contributed by atoms with Crippen molar-refractivity contribution >= 4 is 84.3 Å². The molecule has 0 aromatic rings. The Kier molecular flexibility index (Phi) is 48.8. The van der Waals surface area contributed by atoms with Gasteiger partial charge in [-0.15, -0.1) is 0 Å². The maximum atomic E-state index is 10.7. The van der Waals surface area contributed by atoms with Gasteiger partial charge in [0.1, 0.15) is 0 Å². The number of unbranched alkanes of at least 4 members (excludes halogenated alkanes) is 7. The van der Waals surface area contributed by atoms with Crippen LogP contribution in [0.3, 0.4) is 0 Å². The number of hydrogen-bond donors (Lipinski definition) is 3. The van der Waals surface area contributed by atoms with Crippen LogP contribution in [0.4, 0.5) is 0 Å². The van der Waals surface area contributed by atoms with Crippen molar-refractivity contribution in [2.45, 2.75) is 168 Å². The third-order valence-corrected chi connectivity index (χ3v) is 10.3. The van der Waals surface area contributed by atoms with Crippen molar-refractivity contribution in [1.29, 1.82) is 0 Å². The first-order chi connectivity index (χ1) is 24.5. The molecule has 0 N–H and O–H groups in total. The Morgan fingerprint density at radius 2 is 0.808 bits per heavy atom. The summed E-state index contributed by atoms with van der Waals surface area (Å²) in [5, 5.41) is 31.6. The molecule has 52 heavy (non-hydrogen) atoms. The molecule has 0 radical (unpaired) electrons. The number of carboxylic acid groups (broad SMARTS) is 3. The molecule has 3 atom stereocenters. The Hall–Kier alpha value is -0.271. The molecule has 0 heterocycles. The number of hydrogen-bond acceptors (Lipinski definition) is 11. The molecule has 0 aliphatic rings. The number of carboxylic acids is 3. The third-order valence-electron chi connectivity index (χ3n) is 8.25. The minimum absolute atomic E-state index is 0.0368. The van der Waals surface area contributed by atoms with Crippen molar-refractivity contribution < 1.29 is 39.2 Å². The van der Waals surface area contributed by atoms with Crippen LogP contribution in [0.15, 0.2) is 0 Å². The summed E-state index contributed by atoms with van der Waals surface area (Å²) in [6.07, 6.45) is 18.4. The molecular weight excluding hydrogens is 823 g/mol. The minimum atomic E-state index is -0.955. The SMILES string of the molecule is CC(C)CCCCCC(CS)C(=O)[O-].CC(C)CCCCCC(CS)C(=O)[O-].CC(C)CCCCCC(CS)C(=O)[O-].CCCCOC(=O)C[CH2][Sn+3]. The Bertz CT molecular complexity index is 745. The van der Waals surface area contributed by atoms with E-state index in [0.717, 1.165) is 73.6 Å². The standard InChI is InChI=1S/3C11H22O2S.C7H13O2.Sn/c3*1-9(2)6-4-3-5-7-10(8-14)11(12)13;1-3-5-6-9-7(8)4-2;/h3*9-10,14H,3-8H2,1-2H3,(H,12,13);2-6H2,1H3;/q;;;;+3/p-3. The maximum absolute atomic E-state index is 10.7. The van der Waals surface area contributed by atoms with Gasteiger partial charge in [0.05, 0.1) is 0 Å². The van der Waals surface area contributed by atoms with Gasteiger partial charge >= 0.3 is 75.3 Å². The average molecular weight is 900 g/mol. The first-order valence-corrected chi connectivity index (χ1v) is 23.7. The second-order valence-corrected chi connectivity index (χ2v) is 17.3. The number of carbonyl (C=O) groups excluding carboxylic acids is 4. The van der Waals surface area contributed by atoms with Gasteiger partial charge in [0.2, 0.25) is 0 Å². The quantitative estimate of drug-likeness (QED) is 0.0316. The average Bonchev–Trinajstić information content (AvgIpc) is 3.06. The molecule has 0 aromatic heterocycles. The number of aliphatic carboxylic acids is 3. The summed E-state index contributed by atoms with van der Waals surface area (Å²) in [6.45, 7) is 15.9. The van der Waals surface area contributed by atoms with Gasteiger partial charge in [0.25, 0.3) is 0 Å². The molecule has 0 aromatic carbocycles. The summed E-state index contributed by atoms with van der Waals surface area (Å²) in [6, 6.07) is 0. The number of ether oxygens (including phenoxy) is 1. The van der Waals surface area contributed by atoms with Crippen LogP contribution >= 0.6 is 37.9 Å². The van der Waals surface area contributed by atoms with E-state index in [4.69, 9.17) is 4.74 Å². The fourth-order valence-corrected chi connectivity index (χ4v) is 6.29. The van der Waals surface area contributed by atoms with Crippen molar-refractivity contribution in [1.82, 2.24) is 0 Å². The molecule has 0 amide bonds. The second kappa shape index (κ2) is 43.5. The van der Waals surface area contributed by atoms with Crippen molar-refractivity contribution in [3.63, 3.8) is 0 Å². The summed E-state index contributed by atoms with van der Waals surface area (Å²) >= 11 is 13.4. The van der Waals surface area contributed by atoms with Crippen LogP contribution in [0.1, 0.15) is 164 Å². The molecule has 8 nitrogen and oxygen atoms in total. The van der Waals surface area contributed by atoms with Crippen molar-refractivity contribution in [3.8, 4) is 0 Å². The zero-order valence-corrected chi connectivity index (χ0v) is 39.4. The van der Waals surface area contributed by atoms with Gasteiger partial charge in [-0.05, 0) is 54.3 Å². The van der Waals surface area contributed by atoms with E-state index in [2.05, 4.69) is 86.4 Å². The number of carbonyl (C=O) groups is 4. The van der Waals surface area contributed by atoms with Crippen molar-refractivity contribution in [2.75, 3.05) is 23.9 Å². The summed E-state index contributed by atoms with van der Waals surface area (Å²) in [5.41, 5.74) is 0. The summed E-state index contributed by atoms with van der Waals surface area (Å²) in [7, 11) is 0. The number of esters is 1. The summed E-state index contributed by atoms with van der Waals surface area (Å²) < 4.78 is 5.87. The van der Waals surface area contributed by atoms with Crippen LogP contribution in [0, 0.1) is 35.5 Å². The molecule has 0 aliphatic carbocycles. The van der Waals surface area contributed by atoms with Crippen molar-refractivity contribution in [2.24, 2.45) is 35.5 Å². The molecule has 0 aliphatic heterocycles. The van der Waals surface area contributed by atoms with E-state index in [1.807, 2.05) is 0 Å². The van der Waals surface area contributed by atoms with E-state index in [1.165, 1.54) is 61.0 Å². The molecule has 0 saturated carbocycles. The monoisotopic (exact) mass is 900 g/mol. The van der Waals surface area contributed by atoms with Gasteiger partial charge in [-0.2, -0.15) is 37.9 Å². The van der Waals surface area contributed by atoms with Crippen molar-refractivity contribution in [3.05, 3.63) is 0 Å². The van der Waals surface area contributed by atoms with Gasteiger partial charge in [-0.1, -0.05) is 119 Å². The third kappa shape index (κ3) is 47.7. The number of rotatable bonds is 29. The molecule has 0 bridgehead atoms. The Balaban J connectivity index is -0.000000298. The predicted molar refractivity (Wildman–Crippen MR) is 222 cm³/mol. The van der Waals surface area contributed by atoms with Gasteiger partial charge in [0, 0.05) is 35.7 Å². The van der Waals surface area contributed by atoms with Crippen LogP contribution in [0.5, 0.6) is 0 Å². The second-order valence-electron chi connectivity index (χ2n) is 14.8. The van der Waals surface area contributed by atoms with Crippen LogP contribution in [-0.2, 0) is 23.9 Å². The van der Waals surface area contributed by atoms with Gasteiger partial charge in [0.15, 0.2) is 0 Å². The topological polar surface area (TPSA) is 147 Å². The van der Waals surface area contributed by atoms with Gasteiger partial charge < -0.3 is 29.7 Å². The van der Waals surface area contributed by atoms with Gasteiger partial charge in [-0.3, -0.25) is 0 Å². The first kappa shape index (κ1) is 58.4. The molecule has 0 rings (SSSR count). The van der Waals surface area contributed by atoms with Crippen LogP contribution in [0.25, 0.3) is 0 Å². The van der Waals surface area contributed by atoms with E-state index in [-0.39, 0.29) is 23.7 Å². The zero-order valence-electron chi connectivity index (χ0n) is 33.8.